The van der Waals surface area contributed by atoms with Crippen molar-refractivity contribution in [1.29, 1.82) is 0 Å². The smallest absolute Gasteiger partial charge is 0.307 e. The summed E-state index contributed by atoms with van der Waals surface area (Å²) in [6, 6.07) is 0. The van der Waals surface area contributed by atoms with Crippen molar-refractivity contribution in [2.75, 3.05) is 0 Å². The van der Waals surface area contributed by atoms with Gasteiger partial charge in [-0.05, 0) is 0 Å². The van der Waals surface area contributed by atoms with Crippen LogP contribution in [0.15, 0.2) is 12.4 Å². The Hall–Kier alpha value is -1.19. The first kappa shape index (κ1) is 5.94. The van der Waals surface area contributed by atoms with Crippen LogP contribution in [0.2, 0.25) is 0 Å². The molecule has 0 aromatic rings. The second-order valence-electron chi connectivity index (χ2n) is 1.82. The summed E-state index contributed by atoms with van der Waals surface area (Å²) in [5, 5.41) is 13.9. The largest absolute Gasteiger partial charge is 0.481 e. The van der Waals surface area contributed by atoms with Crippen LogP contribution >= 0.6 is 0 Å². The van der Waals surface area contributed by atoms with Gasteiger partial charge in [0.25, 0.3) is 0 Å². The molecular weight excluding hydrogens is 120 g/mol. The van der Waals surface area contributed by atoms with E-state index < -0.39 is 5.97 Å². The molecule has 0 amide bonds. The van der Waals surface area contributed by atoms with Crippen molar-refractivity contribution in [3.8, 4) is 0 Å². The predicted octanol–water partition coefficient (Wildman–Crippen LogP) is -0.549. The molecule has 1 heterocycles. The lowest BCUT2D eigenvalue weighted by molar-refractivity contribution is -0.137. The Balaban J connectivity index is 2.22. The van der Waals surface area contributed by atoms with Crippen molar-refractivity contribution in [3.05, 3.63) is 12.4 Å². The van der Waals surface area contributed by atoms with E-state index in [0.29, 0.717) is 0 Å². The maximum Gasteiger partial charge on any atom is 0.307 e. The molecule has 50 valence electrons. The van der Waals surface area contributed by atoms with Gasteiger partial charge in [0.2, 0.25) is 0 Å². The van der Waals surface area contributed by atoms with E-state index in [1.54, 1.807) is 12.4 Å². The van der Waals surface area contributed by atoms with Crippen molar-refractivity contribution in [1.82, 2.24) is 10.6 Å². The van der Waals surface area contributed by atoms with Crippen LogP contribution in [0.25, 0.3) is 0 Å². The molecular formula is C5H8N2O2. The maximum absolute atomic E-state index is 10.0. The van der Waals surface area contributed by atoms with Gasteiger partial charge in [0.05, 0.1) is 6.42 Å². The quantitative estimate of drug-likeness (QED) is 0.467. The van der Waals surface area contributed by atoms with Crippen LogP contribution in [0.5, 0.6) is 0 Å². The Bertz CT molecular complexity index is 136. The third kappa shape index (κ3) is 1.64. The molecule has 0 aromatic carbocycles. The van der Waals surface area contributed by atoms with E-state index in [-0.39, 0.29) is 12.6 Å². The molecule has 0 radical (unpaired) electrons. The number of rotatable bonds is 2. The highest BCUT2D eigenvalue weighted by Gasteiger charge is 2.10. The minimum atomic E-state index is -0.802. The van der Waals surface area contributed by atoms with Gasteiger partial charge in [-0.2, -0.15) is 0 Å². The van der Waals surface area contributed by atoms with Gasteiger partial charge >= 0.3 is 5.97 Å². The number of carboxylic acid groups (broad SMARTS) is 1. The molecule has 1 aliphatic rings. The van der Waals surface area contributed by atoms with E-state index in [9.17, 15) is 4.79 Å². The zero-order valence-corrected chi connectivity index (χ0v) is 4.79. The van der Waals surface area contributed by atoms with Gasteiger partial charge in [-0.15, -0.1) is 0 Å². The average Bonchev–Trinajstić information content (AvgIpc) is 2.15. The minimum Gasteiger partial charge on any atom is -0.481 e. The zero-order chi connectivity index (χ0) is 6.69. The van der Waals surface area contributed by atoms with Crippen molar-refractivity contribution < 1.29 is 9.90 Å². The lowest BCUT2D eigenvalue weighted by Crippen LogP contribution is -2.32. The fourth-order valence-electron chi connectivity index (χ4n) is 0.669. The highest BCUT2D eigenvalue weighted by Crippen LogP contribution is 1.91. The minimum absolute atomic E-state index is 0.104. The lowest BCUT2D eigenvalue weighted by atomic mass is 10.3. The van der Waals surface area contributed by atoms with E-state index in [2.05, 4.69) is 10.6 Å². The van der Waals surface area contributed by atoms with Crippen LogP contribution in [-0.2, 0) is 4.79 Å². The fourth-order valence-corrected chi connectivity index (χ4v) is 0.669. The van der Waals surface area contributed by atoms with Gasteiger partial charge in [-0.25, -0.2) is 0 Å². The van der Waals surface area contributed by atoms with E-state index in [1.165, 1.54) is 0 Å². The van der Waals surface area contributed by atoms with Gasteiger partial charge in [0, 0.05) is 12.4 Å². The van der Waals surface area contributed by atoms with Gasteiger partial charge in [-0.3, -0.25) is 4.79 Å². The third-order valence-corrected chi connectivity index (χ3v) is 1.06. The molecule has 0 saturated heterocycles. The van der Waals surface area contributed by atoms with Crippen molar-refractivity contribution in [3.63, 3.8) is 0 Å². The predicted molar refractivity (Wildman–Crippen MR) is 31.5 cm³/mol. The number of hydrogen-bond acceptors (Lipinski definition) is 3. The Morgan fingerprint density at radius 2 is 2.11 bits per heavy atom. The van der Waals surface area contributed by atoms with Crippen molar-refractivity contribution >= 4 is 5.97 Å². The van der Waals surface area contributed by atoms with E-state index in [1.807, 2.05) is 0 Å². The summed E-state index contributed by atoms with van der Waals surface area (Å²) in [6.07, 6.45) is 3.36. The number of nitrogens with one attached hydrogen (secondary N) is 2. The number of hydrogen-bond donors (Lipinski definition) is 3. The van der Waals surface area contributed by atoms with Gasteiger partial charge in [0.15, 0.2) is 0 Å². The lowest BCUT2D eigenvalue weighted by Gasteiger charge is -2.07. The molecule has 0 bridgehead atoms. The highest BCUT2D eigenvalue weighted by molar-refractivity contribution is 5.67. The van der Waals surface area contributed by atoms with Crippen LogP contribution in [0.1, 0.15) is 6.42 Å². The van der Waals surface area contributed by atoms with Crippen molar-refractivity contribution in [2.45, 2.75) is 12.6 Å². The van der Waals surface area contributed by atoms with Gasteiger partial charge in [0.1, 0.15) is 6.17 Å². The number of aliphatic carboxylic acids is 1. The molecule has 3 N–H and O–H groups in total. The average molecular weight is 128 g/mol. The summed E-state index contributed by atoms with van der Waals surface area (Å²) < 4.78 is 0. The second-order valence-corrected chi connectivity index (χ2v) is 1.82. The van der Waals surface area contributed by atoms with Crippen LogP contribution in [-0.4, -0.2) is 17.2 Å². The normalized spacial score (nSPS) is 16.9. The monoisotopic (exact) mass is 128 g/mol. The van der Waals surface area contributed by atoms with Crippen LogP contribution < -0.4 is 10.6 Å². The molecule has 1 aliphatic heterocycles. The molecule has 0 saturated carbocycles. The molecule has 1 rings (SSSR count). The molecule has 0 aliphatic carbocycles. The van der Waals surface area contributed by atoms with Crippen molar-refractivity contribution in [2.24, 2.45) is 0 Å². The first-order valence-electron chi connectivity index (χ1n) is 2.68. The van der Waals surface area contributed by atoms with E-state index >= 15 is 0 Å². The standard InChI is InChI=1S/C5H8N2O2/c8-5(9)3-4-6-1-2-7-4/h1-2,4,6-7H,3H2,(H,8,9). The molecule has 4 nitrogen and oxygen atoms in total. The summed E-state index contributed by atoms with van der Waals surface area (Å²) >= 11 is 0. The maximum atomic E-state index is 10.0. The first-order valence-corrected chi connectivity index (χ1v) is 2.68. The Morgan fingerprint density at radius 3 is 2.56 bits per heavy atom. The zero-order valence-electron chi connectivity index (χ0n) is 4.79. The summed E-state index contributed by atoms with van der Waals surface area (Å²) in [7, 11) is 0. The van der Waals surface area contributed by atoms with Crippen LogP contribution in [0, 0.1) is 0 Å². The highest BCUT2D eigenvalue weighted by atomic mass is 16.4. The second kappa shape index (κ2) is 2.39. The summed E-state index contributed by atoms with van der Waals surface area (Å²) in [5.74, 6) is -0.802. The number of carbonyl (C=O) groups is 1. The molecule has 0 spiro atoms. The SMILES string of the molecule is O=C(O)CC1NC=CN1. The third-order valence-electron chi connectivity index (χ3n) is 1.06. The van der Waals surface area contributed by atoms with Gasteiger partial charge < -0.3 is 15.7 Å². The van der Waals surface area contributed by atoms with Crippen LogP contribution in [0.3, 0.4) is 0 Å². The molecule has 0 aromatic heterocycles. The Morgan fingerprint density at radius 1 is 1.56 bits per heavy atom. The van der Waals surface area contributed by atoms with E-state index in [0.717, 1.165) is 0 Å². The summed E-state index contributed by atoms with van der Waals surface area (Å²) in [4.78, 5) is 10.0. The molecule has 0 unspecified atom stereocenters. The van der Waals surface area contributed by atoms with Crippen LogP contribution in [0.4, 0.5) is 0 Å². The Labute approximate surface area is 52.6 Å². The number of carboxylic acids is 1. The molecule has 0 atom stereocenters. The summed E-state index contributed by atoms with van der Waals surface area (Å²) in [5.41, 5.74) is 0. The Kier molecular flexibility index (Phi) is 1.58. The topological polar surface area (TPSA) is 61.4 Å². The molecule has 4 heteroatoms. The first-order chi connectivity index (χ1) is 4.29. The molecule has 9 heavy (non-hydrogen) atoms. The van der Waals surface area contributed by atoms with Gasteiger partial charge in [-0.1, -0.05) is 0 Å². The summed E-state index contributed by atoms with van der Waals surface area (Å²) in [6.45, 7) is 0. The fraction of sp³-hybridized carbons (Fsp3) is 0.400. The molecule has 0 fully saturated rings. The van der Waals surface area contributed by atoms with E-state index in [4.69, 9.17) is 5.11 Å².